The zero-order valence-electron chi connectivity index (χ0n) is 16.7. The minimum Gasteiger partial charge on any atom is -0.452 e. The van der Waals surface area contributed by atoms with Gasteiger partial charge in [0.2, 0.25) is 0 Å². The highest BCUT2D eigenvalue weighted by Crippen LogP contribution is 2.51. The number of hydrogen-bond acceptors (Lipinski definition) is 5. The molecule has 0 spiro atoms. The van der Waals surface area contributed by atoms with Crippen LogP contribution < -0.4 is 0 Å². The molecule has 0 aliphatic heterocycles. The van der Waals surface area contributed by atoms with Gasteiger partial charge in [-0.2, -0.15) is 0 Å². The summed E-state index contributed by atoms with van der Waals surface area (Å²) in [6.07, 6.45) is 0. The molecule has 0 radical (unpaired) electrons. The fraction of sp³-hybridized carbons (Fsp3) is 0.130. The molecule has 0 saturated carbocycles. The van der Waals surface area contributed by atoms with Gasteiger partial charge in [0.15, 0.2) is 0 Å². The van der Waals surface area contributed by atoms with E-state index in [1.54, 1.807) is 72.8 Å². The molecule has 0 N–H and O–H groups in total. The third kappa shape index (κ3) is 6.57. The van der Waals surface area contributed by atoms with E-state index in [2.05, 4.69) is 4.79 Å². The number of carbonyl (C=O) groups excluding carboxylic acids is 1. The Labute approximate surface area is 180 Å². The monoisotopic (exact) mass is 436 g/mol. The third-order valence-corrected chi connectivity index (χ3v) is 5.97. The Bertz CT molecular complexity index is 1040. The van der Waals surface area contributed by atoms with Gasteiger partial charge in [-0.25, -0.2) is 9.36 Å². The van der Waals surface area contributed by atoms with Crippen LogP contribution in [0.1, 0.15) is 16.7 Å². The molecule has 3 aromatic carbocycles. The third-order valence-electron chi connectivity index (χ3n) is 4.24. The molecule has 8 heteroatoms. The quantitative estimate of drug-likeness (QED) is 0.147. The van der Waals surface area contributed by atoms with E-state index < -0.39 is 19.0 Å². The van der Waals surface area contributed by atoms with Gasteiger partial charge in [-0.1, -0.05) is 91.0 Å². The van der Waals surface area contributed by atoms with Crippen LogP contribution in [0.4, 0.5) is 0 Å². The van der Waals surface area contributed by atoms with Gasteiger partial charge in [-0.15, -0.1) is 4.79 Å². The summed E-state index contributed by atoms with van der Waals surface area (Å²) in [5.74, 6) is -1.09. The van der Waals surface area contributed by atoms with E-state index in [-0.39, 0.29) is 19.8 Å². The summed E-state index contributed by atoms with van der Waals surface area (Å²) < 4.78 is 29.7. The van der Waals surface area contributed by atoms with Crippen LogP contribution in [-0.2, 0) is 43.0 Å². The molecule has 158 valence electrons. The molecule has 31 heavy (non-hydrogen) atoms. The topological polar surface area (TPSA) is 98.2 Å². The minimum atomic E-state index is -4.31. The fourth-order valence-corrected chi connectivity index (χ4v) is 3.98. The van der Waals surface area contributed by atoms with Gasteiger partial charge in [0.05, 0.1) is 13.2 Å². The van der Waals surface area contributed by atoms with Crippen molar-refractivity contribution in [2.75, 3.05) is 0 Å². The lowest BCUT2D eigenvalue weighted by Crippen LogP contribution is -2.21. The molecule has 0 aromatic heterocycles. The van der Waals surface area contributed by atoms with Gasteiger partial charge in [0, 0.05) is 0 Å². The van der Waals surface area contributed by atoms with Gasteiger partial charge in [-0.05, 0) is 16.7 Å². The zero-order valence-corrected chi connectivity index (χ0v) is 17.6. The summed E-state index contributed by atoms with van der Waals surface area (Å²) in [6.45, 7) is -0.314. The van der Waals surface area contributed by atoms with Crippen molar-refractivity contribution in [1.82, 2.24) is 0 Å². The first-order chi connectivity index (χ1) is 15.1. The Kier molecular flexibility index (Phi) is 8.05. The molecule has 7 nitrogen and oxygen atoms in total. The second kappa shape index (κ2) is 11.2. The van der Waals surface area contributed by atoms with Crippen molar-refractivity contribution in [2.45, 2.75) is 19.8 Å². The van der Waals surface area contributed by atoms with Crippen LogP contribution in [0.25, 0.3) is 5.53 Å². The molecule has 0 aliphatic carbocycles. The van der Waals surface area contributed by atoms with E-state index >= 15 is 0 Å². The van der Waals surface area contributed by atoms with Crippen LogP contribution in [0.3, 0.4) is 0 Å². The second-order valence-corrected chi connectivity index (χ2v) is 8.44. The number of esters is 1. The van der Waals surface area contributed by atoms with Gasteiger partial charge in [-0.3, -0.25) is 9.05 Å². The van der Waals surface area contributed by atoms with Crippen molar-refractivity contribution in [3.8, 4) is 0 Å². The Balaban J connectivity index is 1.77. The summed E-state index contributed by atoms with van der Waals surface area (Å²) in [4.78, 5) is 15.5. The maximum atomic E-state index is 13.5. The van der Waals surface area contributed by atoms with Crippen molar-refractivity contribution in [1.29, 1.82) is 0 Å². The van der Waals surface area contributed by atoms with Crippen LogP contribution in [0.15, 0.2) is 91.0 Å². The second-order valence-electron chi connectivity index (χ2n) is 6.50. The highest BCUT2D eigenvalue weighted by Gasteiger charge is 2.47. The van der Waals surface area contributed by atoms with E-state index in [4.69, 9.17) is 13.8 Å². The largest absolute Gasteiger partial charge is 0.484 e. The van der Waals surface area contributed by atoms with E-state index in [0.29, 0.717) is 11.1 Å². The summed E-state index contributed by atoms with van der Waals surface area (Å²) >= 11 is 0. The lowest BCUT2D eigenvalue weighted by Gasteiger charge is -2.15. The van der Waals surface area contributed by atoms with Gasteiger partial charge < -0.3 is 10.3 Å². The van der Waals surface area contributed by atoms with Crippen LogP contribution in [0.2, 0.25) is 0 Å². The van der Waals surface area contributed by atoms with Crippen molar-refractivity contribution in [3.63, 3.8) is 0 Å². The average molecular weight is 436 g/mol. The first-order valence-electron chi connectivity index (χ1n) is 9.51. The van der Waals surface area contributed by atoms with Crippen LogP contribution in [-0.4, -0.2) is 16.2 Å². The molecule has 0 fully saturated rings. The van der Waals surface area contributed by atoms with Crippen molar-refractivity contribution in [3.05, 3.63) is 113 Å². The number of nitrogens with zero attached hydrogens (tertiary/aromatic N) is 2. The fourth-order valence-electron chi connectivity index (χ4n) is 2.62. The Morgan fingerprint density at radius 1 is 0.710 bits per heavy atom. The van der Waals surface area contributed by atoms with E-state index in [1.165, 1.54) is 0 Å². The Hall–Kier alpha value is -3.34. The van der Waals surface area contributed by atoms with Gasteiger partial charge in [0.1, 0.15) is 6.61 Å². The molecular formula is C23H21N2O5P. The van der Waals surface area contributed by atoms with E-state index in [0.717, 1.165) is 5.56 Å². The van der Waals surface area contributed by atoms with Crippen LogP contribution >= 0.6 is 7.60 Å². The van der Waals surface area contributed by atoms with Gasteiger partial charge >= 0.3 is 19.0 Å². The maximum absolute atomic E-state index is 13.5. The first kappa shape index (κ1) is 22.3. The Morgan fingerprint density at radius 2 is 1.10 bits per heavy atom. The summed E-state index contributed by atoms with van der Waals surface area (Å²) in [5, 5.41) is 0. The highest BCUT2D eigenvalue weighted by molar-refractivity contribution is 7.74. The molecular weight excluding hydrogens is 415 g/mol. The molecule has 0 amide bonds. The average Bonchev–Trinajstić information content (AvgIpc) is 2.83. The van der Waals surface area contributed by atoms with Crippen molar-refractivity contribution in [2.24, 2.45) is 0 Å². The lowest BCUT2D eigenvalue weighted by molar-refractivity contribution is -0.141. The standard InChI is InChI=1S/C23H21N2O5P/c24-25-22(23(26)28-16-19-10-4-1-5-11-19)31(27,29-17-20-12-6-2-7-13-20)30-18-21-14-8-3-9-15-21/h1-15H,16-18H2. The van der Waals surface area contributed by atoms with Crippen molar-refractivity contribution < 1.29 is 27.9 Å². The predicted molar refractivity (Wildman–Crippen MR) is 115 cm³/mol. The van der Waals surface area contributed by atoms with Crippen LogP contribution in [0, 0.1) is 0 Å². The first-order valence-corrected chi connectivity index (χ1v) is 11.1. The molecule has 3 aromatic rings. The number of rotatable bonds is 10. The van der Waals surface area contributed by atoms with Crippen molar-refractivity contribution >= 4 is 19.0 Å². The molecule has 0 heterocycles. The Morgan fingerprint density at radius 3 is 1.48 bits per heavy atom. The minimum absolute atomic E-state index is 0.0872. The number of ether oxygens (including phenoxy) is 1. The molecule has 0 unspecified atom stereocenters. The highest BCUT2D eigenvalue weighted by atomic mass is 31.2. The number of benzene rings is 3. The summed E-state index contributed by atoms with van der Waals surface area (Å²) in [6, 6.07) is 26.9. The zero-order chi connectivity index (χ0) is 21.9. The molecule has 0 aliphatic rings. The predicted octanol–water partition coefficient (Wildman–Crippen LogP) is 4.98. The smallest absolute Gasteiger partial charge is 0.452 e. The molecule has 0 bridgehead atoms. The van der Waals surface area contributed by atoms with E-state index in [1.807, 2.05) is 18.2 Å². The summed E-state index contributed by atoms with van der Waals surface area (Å²) in [5.41, 5.74) is 10.8. The maximum Gasteiger partial charge on any atom is 0.484 e. The SMILES string of the molecule is [N-]=[N+]=C(C(=O)OCc1ccccc1)P(=O)(OCc1ccccc1)OCc1ccccc1. The number of carbonyl (C=O) groups is 1. The lowest BCUT2D eigenvalue weighted by atomic mass is 10.2. The summed E-state index contributed by atoms with van der Waals surface area (Å²) in [7, 11) is -4.31. The number of hydrogen-bond donors (Lipinski definition) is 0. The molecule has 0 atom stereocenters. The normalized spacial score (nSPS) is 10.8. The molecule has 3 rings (SSSR count). The van der Waals surface area contributed by atoms with E-state index in [9.17, 15) is 14.9 Å². The van der Waals surface area contributed by atoms with Gasteiger partial charge in [0.25, 0.3) is 0 Å². The molecule has 0 saturated heterocycles. The van der Waals surface area contributed by atoms with Crippen LogP contribution in [0.5, 0.6) is 0 Å².